The molecule has 2 aliphatic heterocycles. The van der Waals surface area contributed by atoms with E-state index >= 15 is 0 Å². The first-order valence-corrected chi connectivity index (χ1v) is 10.1. The van der Waals surface area contributed by atoms with E-state index in [9.17, 15) is 14.6 Å². The number of esters is 1. The first kappa shape index (κ1) is 21.8. The zero-order valence-electron chi connectivity index (χ0n) is 17.3. The number of ether oxygens (including phenoxy) is 2. The van der Waals surface area contributed by atoms with Gasteiger partial charge in [0, 0.05) is 25.2 Å². The third-order valence-corrected chi connectivity index (χ3v) is 5.46. The van der Waals surface area contributed by atoms with Crippen LogP contribution in [0.2, 0.25) is 0 Å². The van der Waals surface area contributed by atoms with E-state index in [2.05, 4.69) is 10.2 Å². The average molecular weight is 404 g/mol. The molecule has 2 aliphatic rings. The summed E-state index contributed by atoms with van der Waals surface area (Å²) in [6.07, 6.45) is 0. The van der Waals surface area contributed by atoms with Crippen molar-refractivity contribution < 1.29 is 28.7 Å². The summed E-state index contributed by atoms with van der Waals surface area (Å²) in [5.74, 6) is -0.935. The quantitative estimate of drug-likeness (QED) is 0.482. The first-order valence-electron chi connectivity index (χ1n) is 10.1. The average Bonchev–Trinajstić information content (AvgIpc) is 3.08. The number of morpholine rings is 1. The summed E-state index contributed by atoms with van der Waals surface area (Å²) in [7, 11) is -1.02. The molecule has 2 heterocycles. The van der Waals surface area contributed by atoms with Crippen molar-refractivity contribution in [1.29, 1.82) is 0 Å². The lowest BCUT2D eigenvalue weighted by atomic mass is 9.75. The lowest BCUT2D eigenvalue weighted by molar-refractivity contribution is -0.147. The van der Waals surface area contributed by atoms with Crippen molar-refractivity contribution in [1.82, 2.24) is 10.2 Å². The number of hydrogen-bond acceptors (Lipinski definition) is 7. The fourth-order valence-electron chi connectivity index (χ4n) is 3.66. The molecule has 2 N–H and O–H groups in total. The summed E-state index contributed by atoms with van der Waals surface area (Å²) in [5, 5.41) is 12.8. The van der Waals surface area contributed by atoms with Crippen molar-refractivity contribution in [2.24, 2.45) is 5.92 Å². The maximum absolute atomic E-state index is 12.8. The predicted molar refractivity (Wildman–Crippen MR) is 108 cm³/mol. The minimum Gasteiger partial charge on any atom is -0.463 e. The standard InChI is InChI=1S/C20H29BN2O6/c1-13(2)18(20(25)28-11-8-23-6-9-27-10-7-23)22-19(24)16-5-4-15-12-29-21(26)17(15)14(16)3/h4-5,13,18,26H,6-12H2,1-3H3,(H,22,24). The molecule has 8 nitrogen and oxygen atoms in total. The predicted octanol–water partition coefficient (Wildman–Crippen LogP) is -0.157. The lowest BCUT2D eigenvalue weighted by Crippen LogP contribution is -2.46. The molecule has 1 fully saturated rings. The molecule has 0 bridgehead atoms. The van der Waals surface area contributed by atoms with Gasteiger partial charge in [0.05, 0.1) is 19.8 Å². The number of benzene rings is 1. The Labute approximate surface area is 171 Å². The molecule has 1 aromatic rings. The minimum absolute atomic E-state index is 0.126. The van der Waals surface area contributed by atoms with Gasteiger partial charge in [0.15, 0.2) is 0 Å². The Morgan fingerprint density at radius 2 is 2.03 bits per heavy atom. The summed E-state index contributed by atoms with van der Waals surface area (Å²) in [4.78, 5) is 27.6. The van der Waals surface area contributed by atoms with Crippen molar-refractivity contribution >= 4 is 24.5 Å². The van der Waals surface area contributed by atoms with Crippen molar-refractivity contribution in [2.45, 2.75) is 33.4 Å². The Hall–Kier alpha value is -1.94. The van der Waals surface area contributed by atoms with Gasteiger partial charge >= 0.3 is 13.1 Å². The molecule has 1 unspecified atom stereocenters. The van der Waals surface area contributed by atoms with Gasteiger partial charge in [0.25, 0.3) is 5.91 Å². The summed E-state index contributed by atoms with van der Waals surface area (Å²) in [6, 6.07) is 2.73. The summed E-state index contributed by atoms with van der Waals surface area (Å²) in [5.41, 5.74) is 2.58. The second-order valence-corrected chi connectivity index (χ2v) is 7.79. The number of amides is 1. The molecule has 0 saturated carbocycles. The molecule has 158 valence electrons. The van der Waals surface area contributed by atoms with Crippen LogP contribution in [-0.4, -0.2) is 74.4 Å². The van der Waals surface area contributed by atoms with Crippen molar-refractivity contribution in [2.75, 3.05) is 39.5 Å². The van der Waals surface area contributed by atoms with Crippen LogP contribution in [0.5, 0.6) is 0 Å². The number of carbonyl (C=O) groups excluding carboxylic acids is 2. The highest BCUT2D eigenvalue weighted by Gasteiger charge is 2.32. The number of carbonyl (C=O) groups is 2. The van der Waals surface area contributed by atoms with Crippen LogP contribution in [0.3, 0.4) is 0 Å². The van der Waals surface area contributed by atoms with E-state index < -0.39 is 19.1 Å². The van der Waals surface area contributed by atoms with Crippen LogP contribution in [0, 0.1) is 12.8 Å². The molecule has 3 rings (SSSR count). The highest BCUT2D eigenvalue weighted by atomic mass is 16.5. The third-order valence-electron chi connectivity index (χ3n) is 5.46. The normalized spacial score (nSPS) is 17.9. The molecule has 1 aromatic carbocycles. The van der Waals surface area contributed by atoms with Crippen LogP contribution in [0.25, 0.3) is 0 Å². The maximum Gasteiger partial charge on any atom is 0.492 e. The molecular weight excluding hydrogens is 375 g/mol. The van der Waals surface area contributed by atoms with Gasteiger partial charge in [0.1, 0.15) is 12.6 Å². The fraction of sp³-hybridized carbons (Fsp3) is 0.600. The van der Waals surface area contributed by atoms with Crippen LogP contribution in [0.4, 0.5) is 0 Å². The van der Waals surface area contributed by atoms with E-state index in [0.717, 1.165) is 18.7 Å². The Morgan fingerprint density at radius 1 is 1.31 bits per heavy atom. The van der Waals surface area contributed by atoms with Gasteiger partial charge in [-0.05, 0) is 35.5 Å². The van der Waals surface area contributed by atoms with E-state index in [1.54, 1.807) is 19.1 Å². The molecule has 9 heteroatoms. The topological polar surface area (TPSA) is 97.3 Å². The Balaban J connectivity index is 1.60. The monoisotopic (exact) mass is 404 g/mol. The van der Waals surface area contributed by atoms with Crippen LogP contribution in [0.1, 0.15) is 35.3 Å². The largest absolute Gasteiger partial charge is 0.492 e. The van der Waals surface area contributed by atoms with Crippen LogP contribution in [0.15, 0.2) is 12.1 Å². The summed E-state index contributed by atoms with van der Waals surface area (Å²) >= 11 is 0. The molecule has 29 heavy (non-hydrogen) atoms. The number of nitrogens with zero attached hydrogens (tertiary/aromatic N) is 1. The molecule has 1 saturated heterocycles. The van der Waals surface area contributed by atoms with Crippen molar-refractivity contribution in [3.63, 3.8) is 0 Å². The minimum atomic E-state index is -1.02. The number of nitrogens with one attached hydrogen (secondary N) is 1. The molecule has 0 aromatic heterocycles. The van der Waals surface area contributed by atoms with Gasteiger partial charge in [-0.15, -0.1) is 0 Å². The van der Waals surface area contributed by atoms with Gasteiger partial charge in [-0.1, -0.05) is 19.9 Å². The second kappa shape index (κ2) is 9.71. The second-order valence-electron chi connectivity index (χ2n) is 7.79. The van der Waals surface area contributed by atoms with E-state index in [1.807, 2.05) is 13.8 Å². The molecule has 1 atom stereocenters. The molecular formula is C20H29BN2O6. The Kier molecular flexibility index (Phi) is 7.29. The van der Waals surface area contributed by atoms with E-state index in [4.69, 9.17) is 14.1 Å². The fourth-order valence-corrected chi connectivity index (χ4v) is 3.66. The van der Waals surface area contributed by atoms with Gasteiger partial charge in [-0.25, -0.2) is 4.79 Å². The Bertz CT molecular complexity index is 751. The zero-order valence-corrected chi connectivity index (χ0v) is 17.3. The number of hydrogen-bond donors (Lipinski definition) is 2. The first-order chi connectivity index (χ1) is 13.9. The maximum atomic E-state index is 12.8. The van der Waals surface area contributed by atoms with E-state index in [1.165, 1.54) is 0 Å². The number of fused-ring (bicyclic) bond motifs is 1. The highest BCUT2D eigenvalue weighted by molar-refractivity contribution is 6.62. The van der Waals surface area contributed by atoms with E-state index in [-0.39, 0.29) is 18.4 Å². The highest BCUT2D eigenvalue weighted by Crippen LogP contribution is 2.17. The summed E-state index contributed by atoms with van der Waals surface area (Å²) in [6.45, 7) is 9.79. The summed E-state index contributed by atoms with van der Waals surface area (Å²) < 4.78 is 16.0. The smallest absolute Gasteiger partial charge is 0.463 e. The molecule has 0 aliphatic carbocycles. The van der Waals surface area contributed by atoms with Gasteiger partial charge < -0.3 is 24.5 Å². The zero-order chi connectivity index (χ0) is 21.0. The van der Waals surface area contributed by atoms with Gasteiger partial charge in [-0.2, -0.15) is 0 Å². The van der Waals surface area contributed by atoms with Crippen molar-refractivity contribution in [3.05, 3.63) is 28.8 Å². The number of rotatable bonds is 7. The SMILES string of the molecule is Cc1c(C(=O)NC(C(=O)OCCN2CCOCC2)C(C)C)ccc2c1B(O)OC2. The van der Waals surface area contributed by atoms with Gasteiger partial charge in [-0.3, -0.25) is 9.69 Å². The van der Waals surface area contributed by atoms with Crippen LogP contribution >= 0.6 is 0 Å². The third kappa shape index (κ3) is 5.16. The van der Waals surface area contributed by atoms with Crippen LogP contribution in [-0.2, 0) is 25.5 Å². The van der Waals surface area contributed by atoms with Gasteiger partial charge in [0.2, 0.25) is 0 Å². The molecule has 0 spiro atoms. The molecule has 0 radical (unpaired) electrons. The van der Waals surface area contributed by atoms with E-state index in [0.29, 0.717) is 43.0 Å². The Morgan fingerprint density at radius 3 is 2.72 bits per heavy atom. The lowest BCUT2D eigenvalue weighted by Gasteiger charge is -2.27. The van der Waals surface area contributed by atoms with Crippen molar-refractivity contribution in [3.8, 4) is 0 Å². The van der Waals surface area contributed by atoms with Crippen LogP contribution < -0.4 is 10.8 Å². The molecule has 1 amide bonds.